The van der Waals surface area contributed by atoms with Gasteiger partial charge in [0.2, 0.25) is 5.82 Å². The van der Waals surface area contributed by atoms with Crippen molar-refractivity contribution in [3.8, 4) is 0 Å². The molecule has 20 heavy (non-hydrogen) atoms. The number of aromatic nitrogens is 2. The molecule has 112 valence electrons. The molecule has 1 aromatic rings. The Kier molecular flexibility index (Phi) is 4.39. The summed E-state index contributed by atoms with van der Waals surface area (Å²) in [5.41, 5.74) is 0. The predicted octanol–water partition coefficient (Wildman–Crippen LogP) is 2.68. The molecule has 2 heterocycles. The Morgan fingerprint density at radius 1 is 1.35 bits per heavy atom. The van der Waals surface area contributed by atoms with Gasteiger partial charge in [-0.2, -0.15) is 13.2 Å². The van der Waals surface area contributed by atoms with Gasteiger partial charge in [-0.15, -0.1) is 0 Å². The normalized spacial score (nSPS) is 21.3. The quantitative estimate of drug-likeness (QED) is 0.786. The molecule has 0 spiro atoms. The number of piperazine rings is 1. The van der Waals surface area contributed by atoms with Crippen molar-refractivity contribution in [3.05, 3.63) is 17.0 Å². The molecule has 1 aliphatic heterocycles. The third kappa shape index (κ3) is 3.32. The van der Waals surface area contributed by atoms with Gasteiger partial charge in [-0.25, -0.2) is 9.97 Å². The Morgan fingerprint density at radius 3 is 2.65 bits per heavy atom. The van der Waals surface area contributed by atoms with Crippen molar-refractivity contribution in [2.24, 2.45) is 0 Å². The zero-order valence-corrected chi connectivity index (χ0v) is 12.0. The molecule has 1 atom stereocenters. The van der Waals surface area contributed by atoms with E-state index in [9.17, 15) is 13.2 Å². The molecule has 1 aromatic heterocycles. The molecule has 0 N–H and O–H groups in total. The van der Waals surface area contributed by atoms with Crippen LogP contribution >= 0.6 is 11.6 Å². The van der Waals surface area contributed by atoms with Crippen LogP contribution in [0.1, 0.15) is 19.2 Å². The standard InChI is InChI=1S/C12H16ClF3N4/c1-3-8-7-20(5-4-19(8)2)10-6-9(13)17-11(18-10)12(14,15)16/h6,8H,3-5,7H2,1-2H3. The summed E-state index contributed by atoms with van der Waals surface area (Å²) < 4.78 is 38.1. The number of hydrogen-bond donors (Lipinski definition) is 0. The van der Waals surface area contributed by atoms with Gasteiger partial charge in [0, 0.05) is 31.7 Å². The molecule has 1 fully saturated rings. The van der Waals surface area contributed by atoms with E-state index in [1.165, 1.54) is 6.07 Å². The SMILES string of the molecule is CCC1CN(c2cc(Cl)nc(C(F)(F)F)n2)CCN1C. The van der Waals surface area contributed by atoms with Crippen LogP contribution in [0.4, 0.5) is 19.0 Å². The molecule has 0 bridgehead atoms. The third-order valence-corrected chi connectivity index (χ3v) is 3.70. The first kappa shape index (κ1) is 15.3. The fourth-order valence-corrected chi connectivity index (χ4v) is 2.47. The molecule has 0 amide bonds. The fraction of sp³-hybridized carbons (Fsp3) is 0.667. The van der Waals surface area contributed by atoms with E-state index in [0.717, 1.165) is 13.0 Å². The second-order valence-electron chi connectivity index (χ2n) is 4.86. The van der Waals surface area contributed by atoms with Crippen LogP contribution in [0, 0.1) is 0 Å². The molecule has 2 rings (SSSR count). The lowest BCUT2D eigenvalue weighted by molar-refractivity contribution is -0.144. The summed E-state index contributed by atoms with van der Waals surface area (Å²) in [5, 5.41) is -0.186. The van der Waals surface area contributed by atoms with Gasteiger partial charge in [-0.05, 0) is 13.5 Å². The van der Waals surface area contributed by atoms with Crippen LogP contribution in [-0.4, -0.2) is 47.6 Å². The minimum Gasteiger partial charge on any atom is -0.354 e. The first-order valence-electron chi connectivity index (χ1n) is 6.38. The van der Waals surface area contributed by atoms with E-state index in [1.54, 1.807) is 0 Å². The number of rotatable bonds is 2. The van der Waals surface area contributed by atoms with Crippen LogP contribution in [0.25, 0.3) is 0 Å². The molecule has 1 aliphatic rings. The molecule has 1 unspecified atom stereocenters. The van der Waals surface area contributed by atoms with Crippen molar-refractivity contribution >= 4 is 17.4 Å². The van der Waals surface area contributed by atoms with Crippen molar-refractivity contribution in [1.29, 1.82) is 0 Å². The second kappa shape index (κ2) is 5.73. The van der Waals surface area contributed by atoms with E-state index >= 15 is 0 Å². The van der Waals surface area contributed by atoms with Crippen molar-refractivity contribution < 1.29 is 13.2 Å². The molecule has 4 nitrogen and oxygen atoms in total. The fourth-order valence-electron chi connectivity index (χ4n) is 2.29. The van der Waals surface area contributed by atoms with Crippen LogP contribution in [0.5, 0.6) is 0 Å². The van der Waals surface area contributed by atoms with Gasteiger partial charge in [-0.1, -0.05) is 18.5 Å². The smallest absolute Gasteiger partial charge is 0.354 e. The summed E-state index contributed by atoms with van der Waals surface area (Å²) in [4.78, 5) is 10.9. The summed E-state index contributed by atoms with van der Waals surface area (Å²) >= 11 is 5.69. The van der Waals surface area contributed by atoms with Crippen LogP contribution < -0.4 is 4.90 Å². The highest BCUT2D eigenvalue weighted by Crippen LogP contribution is 2.29. The maximum atomic E-state index is 12.7. The lowest BCUT2D eigenvalue weighted by atomic mass is 10.1. The first-order chi connectivity index (χ1) is 9.31. The van der Waals surface area contributed by atoms with Crippen molar-refractivity contribution in [2.45, 2.75) is 25.6 Å². The second-order valence-corrected chi connectivity index (χ2v) is 5.25. The highest BCUT2D eigenvalue weighted by molar-refractivity contribution is 6.29. The lowest BCUT2D eigenvalue weighted by Crippen LogP contribution is -2.51. The van der Waals surface area contributed by atoms with Crippen molar-refractivity contribution in [1.82, 2.24) is 14.9 Å². The predicted molar refractivity (Wildman–Crippen MR) is 71.0 cm³/mol. The molecule has 8 heteroatoms. The Morgan fingerprint density at radius 2 is 2.05 bits per heavy atom. The molecule has 0 saturated carbocycles. The largest absolute Gasteiger partial charge is 0.451 e. The van der Waals surface area contributed by atoms with E-state index < -0.39 is 12.0 Å². The number of halogens is 4. The highest BCUT2D eigenvalue weighted by Gasteiger charge is 2.36. The van der Waals surface area contributed by atoms with E-state index in [2.05, 4.69) is 21.8 Å². The molecule has 1 saturated heterocycles. The van der Waals surface area contributed by atoms with Crippen molar-refractivity contribution in [2.75, 3.05) is 31.6 Å². The topological polar surface area (TPSA) is 32.3 Å². The van der Waals surface area contributed by atoms with E-state index in [-0.39, 0.29) is 11.0 Å². The summed E-state index contributed by atoms with van der Waals surface area (Å²) in [5.74, 6) is -0.948. The summed E-state index contributed by atoms with van der Waals surface area (Å²) in [6, 6.07) is 1.68. The average Bonchev–Trinajstić information content (AvgIpc) is 2.37. The monoisotopic (exact) mass is 308 g/mol. The number of anilines is 1. The zero-order valence-electron chi connectivity index (χ0n) is 11.3. The lowest BCUT2D eigenvalue weighted by Gasteiger charge is -2.39. The Labute approximate surface area is 120 Å². The summed E-state index contributed by atoms with van der Waals surface area (Å²) in [7, 11) is 2.01. The number of alkyl halides is 3. The van der Waals surface area contributed by atoms with Gasteiger partial charge in [0.1, 0.15) is 11.0 Å². The summed E-state index contributed by atoms with van der Waals surface area (Å²) in [6.45, 7) is 4.09. The average molecular weight is 309 g/mol. The van der Waals surface area contributed by atoms with E-state index in [1.807, 2.05) is 11.9 Å². The van der Waals surface area contributed by atoms with E-state index in [0.29, 0.717) is 19.1 Å². The molecular formula is C12H16ClF3N4. The van der Waals surface area contributed by atoms with Gasteiger partial charge in [0.15, 0.2) is 0 Å². The molecular weight excluding hydrogens is 293 g/mol. The van der Waals surface area contributed by atoms with Crippen LogP contribution in [0.2, 0.25) is 5.15 Å². The molecule has 0 aliphatic carbocycles. The number of likely N-dealkylation sites (N-methyl/N-ethyl adjacent to an activating group) is 1. The summed E-state index contributed by atoms with van der Waals surface area (Å²) in [6.07, 6.45) is -3.66. The number of hydrogen-bond acceptors (Lipinski definition) is 4. The van der Waals surface area contributed by atoms with Gasteiger partial charge in [-0.3, -0.25) is 4.90 Å². The van der Waals surface area contributed by atoms with Gasteiger partial charge < -0.3 is 4.90 Å². The zero-order chi connectivity index (χ0) is 14.9. The van der Waals surface area contributed by atoms with Crippen molar-refractivity contribution in [3.63, 3.8) is 0 Å². The van der Waals surface area contributed by atoms with Crippen LogP contribution in [0.15, 0.2) is 6.07 Å². The van der Waals surface area contributed by atoms with Crippen LogP contribution in [-0.2, 0) is 6.18 Å². The third-order valence-electron chi connectivity index (χ3n) is 3.51. The van der Waals surface area contributed by atoms with E-state index in [4.69, 9.17) is 11.6 Å². The maximum Gasteiger partial charge on any atom is 0.451 e. The van der Waals surface area contributed by atoms with Gasteiger partial charge in [0.05, 0.1) is 0 Å². The Bertz CT molecular complexity index is 480. The Balaban J connectivity index is 2.27. The maximum absolute atomic E-state index is 12.7. The highest BCUT2D eigenvalue weighted by atomic mass is 35.5. The minimum atomic E-state index is -4.59. The first-order valence-corrected chi connectivity index (χ1v) is 6.76. The van der Waals surface area contributed by atoms with Gasteiger partial charge in [0.25, 0.3) is 0 Å². The Hall–Kier alpha value is -1.08. The molecule has 0 aromatic carbocycles. The minimum absolute atomic E-state index is 0.186. The number of nitrogens with zero attached hydrogens (tertiary/aromatic N) is 4. The van der Waals surface area contributed by atoms with Gasteiger partial charge >= 0.3 is 6.18 Å². The molecule has 0 radical (unpaired) electrons. The van der Waals surface area contributed by atoms with Crippen LogP contribution in [0.3, 0.4) is 0 Å².